The number of benzene rings is 1. The Morgan fingerprint density at radius 1 is 0.941 bits per heavy atom. The first-order valence-electron chi connectivity index (χ1n) is 10.3. The first-order valence-corrected chi connectivity index (χ1v) is 10.3. The quantitative estimate of drug-likeness (QED) is 0.360. The van der Waals surface area contributed by atoms with E-state index in [4.69, 9.17) is 4.74 Å². The standard InChI is InChI=1S/C23H18F2N8O/c1-15-21(33(31-28-15)18-4-2-16(3-5-18)23(24)25)13-34-22-7-6-20(29-30-22)17-10-19(12-27-11-17)32-9-8-26-14-32/h2-12,14,23H,13H2,1H3. The van der Waals surface area contributed by atoms with Crippen molar-refractivity contribution in [1.82, 2.24) is 39.7 Å². The molecule has 0 bridgehead atoms. The van der Waals surface area contributed by atoms with E-state index in [2.05, 4.69) is 30.5 Å². The van der Waals surface area contributed by atoms with Gasteiger partial charge in [0, 0.05) is 35.8 Å². The smallest absolute Gasteiger partial charge is 0.263 e. The lowest BCUT2D eigenvalue weighted by atomic mass is 10.2. The van der Waals surface area contributed by atoms with Crippen LogP contribution < -0.4 is 4.74 Å². The van der Waals surface area contributed by atoms with Gasteiger partial charge in [-0.25, -0.2) is 18.4 Å². The molecule has 0 aliphatic heterocycles. The lowest BCUT2D eigenvalue weighted by Crippen LogP contribution is -2.08. The van der Waals surface area contributed by atoms with Gasteiger partial charge in [0.1, 0.15) is 12.3 Å². The average molecular weight is 460 g/mol. The van der Waals surface area contributed by atoms with Crippen molar-refractivity contribution in [3.05, 3.63) is 90.5 Å². The lowest BCUT2D eigenvalue weighted by Gasteiger charge is -2.10. The Labute approximate surface area is 192 Å². The van der Waals surface area contributed by atoms with Gasteiger partial charge in [-0.3, -0.25) is 4.98 Å². The molecule has 0 fully saturated rings. The van der Waals surface area contributed by atoms with Gasteiger partial charge in [-0.1, -0.05) is 17.3 Å². The molecule has 0 atom stereocenters. The first-order chi connectivity index (χ1) is 16.6. The predicted octanol–water partition coefficient (Wildman–Crippen LogP) is 4.13. The van der Waals surface area contributed by atoms with Gasteiger partial charge < -0.3 is 9.30 Å². The minimum Gasteiger partial charge on any atom is -0.470 e. The molecule has 0 spiro atoms. The van der Waals surface area contributed by atoms with Crippen molar-refractivity contribution < 1.29 is 13.5 Å². The minimum absolute atomic E-state index is 0.0560. The van der Waals surface area contributed by atoms with Crippen molar-refractivity contribution in [3.63, 3.8) is 0 Å². The molecule has 0 unspecified atom stereocenters. The molecule has 5 aromatic rings. The molecule has 5 rings (SSSR count). The van der Waals surface area contributed by atoms with Crippen LogP contribution in [0.5, 0.6) is 5.88 Å². The van der Waals surface area contributed by atoms with Crippen LogP contribution >= 0.6 is 0 Å². The Kier molecular flexibility index (Phi) is 5.73. The molecule has 0 saturated carbocycles. The number of hydrogen-bond acceptors (Lipinski definition) is 7. The van der Waals surface area contributed by atoms with Gasteiger partial charge in [0.15, 0.2) is 0 Å². The number of aromatic nitrogens is 8. The molecule has 0 amide bonds. The second-order valence-corrected chi connectivity index (χ2v) is 7.37. The summed E-state index contributed by atoms with van der Waals surface area (Å²) in [6.45, 7) is 1.92. The monoisotopic (exact) mass is 460 g/mol. The lowest BCUT2D eigenvalue weighted by molar-refractivity contribution is 0.151. The molecule has 9 nitrogen and oxygen atoms in total. The largest absolute Gasteiger partial charge is 0.470 e. The molecule has 0 saturated heterocycles. The van der Waals surface area contributed by atoms with Crippen LogP contribution in [0.3, 0.4) is 0 Å². The van der Waals surface area contributed by atoms with Gasteiger partial charge in [-0.05, 0) is 31.2 Å². The van der Waals surface area contributed by atoms with Crippen LogP contribution in [0.2, 0.25) is 0 Å². The molecule has 34 heavy (non-hydrogen) atoms. The van der Waals surface area contributed by atoms with Crippen LogP contribution in [0.1, 0.15) is 23.4 Å². The highest BCUT2D eigenvalue weighted by Gasteiger charge is 2.14. The summed E-state index contributed by atoms with van der Waals surface area (Å²) in [5.74, 6) is 0.322. The molecule has 0 aliphatic rings. The summed E-state index contributed by atoms with van der Waals surface area (Å²) in [5, 5.41) is 16.6. The highest BCUT2D eigenvalue weighted by Crippen LogP contribution is 2.23. The number of alkyl halides is 2. The van der Waals surface area contributed by atoms with E-state index >= 15 is 0 Å². The van der Waals surface area contributed by atoms with Gasteiger partial charge in [-0.2, -0.15) is 0 Å². The Morgan fingerprint density at radius 2 is 1.79 bits per heavy atom. The van der Waals surface area contributed by atoms with Gasteiger partial charge in [0.2, 0.25) is 5.88 Å². The fourth-order valence-electron chi connectivity index (χ4n) is 3.33. The number of ether oxygens (including phenoxy) is 1. The van der Waals surface area contributed by atoms with Crippen LogP contribution in [0.15, 0.2) is 73.6 Å². The minimum atomic E-state index is -2.53. The molecule has 1 aromatic carbocycles. The molecule has 4 aromatic heterocycles. The summed E-state index contributed by atoms with van der Waals surface area (Å²) < 4.78 is 34.9. The van der Waals surface area contributed by atoms with Gasteiger partial charge >= 0.3 is 0 Å². The predicted molar refractivity (Wildman–Crippen MR) is 118 cm³/mol. The molecular formula is C23H18F2N8O. The van der Waals surface area contributed by atoms with E-state index in [-0.39, 0.29) is 12.2 Å². The topological polar surface area (TPSA) is 96.4 Å². The van der Waals surface area contributed by atoms with Crippen LogP contribution in [0.4, 0.5) is 8.78 Å². The number of halogens is 2. The Hall–Kier alpha value is -4.54. The molecule has 0 N–H and O–H groups in total. The van der Waals surface area contributed by atoms with Crippen molar-refractivity contribution in [2.45, 2.75) is 20.0 Å². The second-order valence-electron chi connectivity index (χ2n) is 7.37. The van der Waals surface area contributed by atoms with E-state index in [1.54, 1.807) is 60.8 Å². The van der Waals surface area contributed by atoms with E-state index in [0.717, 1.165) is 11.3 Å². The van der Waals surface area contributed by atoms with E-state index in [1.807, 2.05) is 16.8 Å². The summed E-state index contributed by atoms with van der Waals surface area (Å²) in [5.41, 5.74) is 4.18. The fourth-order valence-corrected chi connectivity index (χ4v) is 3.33. The van der Waals surface area contributed by atoms with Crippen LogP contribution in [-0.2, 0) is 6.61 Å². The maximum Gasteiger partial charge on any atom is 0.263 e. The molecule has 170 valence electrons. The van der Waals surface area contributed by atoms with E-state index in [0.29, 0.717) is 28.6 Å². The Morgan fingerprint density at radius 3 is 2.50 bits per heavy atom. The average Bonchev–Trinajstić information content (AvgIpc) is 3.53. The number of imidazole rings is 1. The van der Waals surface area contributed by atoms with Gasteiger partial charge in [0.25, 0.3) is 6.43 Å². The summed E-state index contributed by atoms with van der Waals surface area (Å²) >= 11 is 0. The van der Waals surface area contributed by atoms with Crippen molar-refractivity contribution >= 4 is 0 Å². The summed E-state index contributed by atoms with van der Waals surface area (Å²) in [6, 6.07) is 11.3. The Bertz CT molecular complexity index is 1380. The summed E-state index contributed by atoms with van der Waals surface area (Å²) in [7, 11) is 0. The third-order valence-corrected chi connectivity index (χ3v) is 5.17. The summed E-state index contributed by atoms with van der Waals surface area (Å²) in [6.07, 6.45) is 6.13. The van der Waals surface area contributed by atoms with Crippen LogP contribution in [-0.4, -0.2) is 39.7 Å². The first kappa shape index (κ1) is 21.3. The zero-order valence-electron chi connectivity index (χ0n) is 18.0. The summed E-state index contributed by atoms with van der Waals surface area (Å²) in [4.78, 5) is 8.31. The number of nitrogens with zero attached hydrogens (tertiary/aromatic N) is 8. The molecule has 4 heterocycles. The highest BCUT2D eigenvalue weighted by molar-refractivity contribution is 5.60. The fraction of sp³-hybridized carbons (Fsp3) is 0.130. The second kappa shape index (κ2) is 9.14. The zero-order chi connectivity index (χ0) is 23.5. The number of rotatable bonds is 7. The van der Waals surface area contributed by atoms with Crippen molar-refractivity contribution in [3.8, 4) is 28.5 Å². The van der Waals surface area contributed by atoms with Crippen molar-refractivity contribution in [2.24, 2.45) is 0 Å². The maximum absolute atomic E-state index is 12.8. The van der Waals surface area contributed by atoms with Crippen LogP contribution in [0.25, 0.3) is 22.6 Å². The van der Waals surface area contributed by atoms with Gasteiger partial charge in [-0.15, -0.1) is 15.3 Å². The molecule has 0 aliphatic carbocycles. The highest BCUT2D eigenvalue weighted by atomic mass is 19.3. The van der Waals surface area contributed by atoms with E-state index in [9.17, 15) is 8.78 Å². The molecule has 0 radical (unpaired) electrons. The van der Waals surface area contributed by atoms with E-state index in [1.165, 1.54) is 12.1 Å². The number of pyridine rings is 1. The normalized spacial score (nSPS) is 11.2. The number of aryl methyl sites for hydroxylation is 1. The van der Waals surface area contributed by atoms with Crippen LogP contribution in [0, 0.1) is 6.92 Å². The van der Waals surface area contributed by atoms with Gasteiger partial charge in [0.05, 0.1) is 35.3 Å². The zero-order valence-corrected chi connectivity index (χ0v) is 18.0. The Balaban J connectivity index is 1.31. The van der Waals surface area contributed by atoms with Crippen molar-refractivity contribution in [2.75, 3.05) is 0 Å². The maximum atomic E-state index is 12.8. The molecule has 11 heteroatoms. The third-order valence-electron chi connectivity index (χ3n) is 5.17. The van der Waals surface area contributed by atoms with Crippen molar-refractivity contribution in [1.29, 1.82) is 0 Å². The SMILES string of the molecule is Cc1nnn(-c2ccc(C(F)F)cc2)c1COc1ccc(-c2cncc(-n3ccnc3)c2)nn1. The third kappa shape index (κ3) is 4.35. The number of hydrogen-bond donors (Lipinski definition) is 0. The molecular weight excluding hydrogens is 442 g/mol. The van der Waals surface area contributed by atoms with E-state index < -0.39 is 6.43 Å².